The molecule has 6 heteroatoms. The van der Waals surface area contributed by atoms with Gasteiger partial charge in [-0.15, -0.1) is 0 Å². The molecule has 3 heterocycles. The predicted molar refractivity (Wildman–Crippen MR) is 100 cm³/mol. The average Bonchev–Trinajstić information content (AvgIpc) is 3.26. The van der Waals surface area contributed by atoms with E-state index in [2.05, 4.69) is 22.4 Å². The number of rotatable bonds is 4. The number of fused-ring (bicyclic) bond motifs is 1. The number of nitrogens with two attached hydrogens (primary N) is 1. The van der Waals surface area contributed by atoms with Crippen molar-refractivity contribution in [3.8, 4) is 0 Å². The highest BCUT2D eigenvalue weighted by Crippen LogP contribution is 2.40. The number of nitrogens with zero attached hydrogens (tertiary/aromatic N) is 2. The Morgan fingerprint density at radius 1 is 1.32 bits per heavy atom. The van der Waals surface area contributed by atoms with E-state index in [1.165, 1.54) is 0 Å². The van der Waals surface area contributed by atoms with E-state index in [4.69, 9.17) is 5.73 Å². The van der Waals surface area contributed by atoms with Gasteiger partial charge in [0.1, 0.15) is 12.3 Å². The van der Waals surface area contributed by atoms with Crippen LogP contribution in [0, 0.1) is 0 Å². The Bertz CT molecular complexity index is 790. The van der Waals surface area contributed by atoms with Crippen molar-refractivity contribution >= 4 is 34.9 Å². The molecule has 4 rings (SSSR count). The molecule has 25 heavy (non-hydrogen) atoms. The van der Waals surface area contributed by atoms with Gasteiger partial charge in [0.25, 0.3) is 0 Å². The van der Waals surface area contributed by atoms with Crippen LogP contribution in [0.5, 0.6) is 0 Å². The minimum Gasteiger partial charge on any atom is -0.354 e. The number of thiophene rings is 1. The van der Waals surface area contributed by atoms with Gasteiger partial charge >= 0.3 is 0 Å². The van der Waals surface area contributed by atoms with Gasteiger partial charge < -0.3 is 20.3 Å². The quantitative estimate of drug-likeness (QED) is 0.855. The lowest BCUT2D eigenvalue weighted by Gasteiger charge is -2.41. The van der Waals surface area contributed by atoms with Crippen LogP contribution in [-0.4, -0.2) is 30.8 Å². The summed E-state index contributed by atoms with van der Waals surface area (Å²) in [7, 11) is 0. The van der Waals surface area contributed by atoms with Gasteiger partial charge in [0.2, 0.25) is 5.91 Å². The van der Waals surface area contributed by atoms with Crippen LogP contribution in [0.15, 0.2) is 35.0 Å². The van der Waals surface area contributed by atoms with Gasteiger partial charge in [-0.2, -0.15) is 11.3 Å². The number of carbonyl (C=O) groups excluding carboxylic acids is 2. The molecule has 0 bridgehead atoms. The summed E-state index contributed by atoms with van der Waals surface area (Å²) in [6.45, 7) is 1.35. The highest BCUT2D eigenvalue weighted by Gasteiger charge is 2.36. The summed E-state index contributed by atoms with van der Waals surface area (Å²) < 4.78 is 0. The van der Waals surface area contributed by atoms with Crippen LogP contribution in [0.3, 0.4) is 0 Å². The van der Waals surface area contributed by atoms with Crippen molar-refractivity contribution in [1.82, 2.24) is 0 Å². The molecule has 2 unspecified atom stereocenters. The van der Waals surface area contributed by atoms with Crippen LogP contribution in [0.2, 0.25) is 0 Å². The van der Waals surface area contributed by atoms with E-state index in [1.54, 1.807) is 11.3 Å². The minimum absolute atomic E-state index is 0.154. The van der Waals surface area contributed by atoms with Gasteiger partial charge in [-0.1, -0.05) is 12.1 Å². The first-order valence-corrected chi connectivity index (χ1v) is 9.54. The zero-order valence-electron chi connectivity index (χ0n) is 13.9. The summed E-state index contributed by atoms with van der Waals surface area (Å²) in [6.07, 6.45) is 3.06. The van der Waals surface area contributed by atoms with Crippen LogP contribution in [0.25, 0.3) is 0 Å². The van der Waals surface area contributed by atoms with Crippen LogP contribution >= 0.6 is 11.3 Å². The molecule has 1 aromatic carbocycles. The van der Waals surface area contributed by atoms with Crippen LogP contribution in [0.4, 0.5) is 11.4 Å². The summed E-state index contributed by atoms with van der Waals surface area (Å²) >= 11 is 1.64. The largest absolute Gasteiger partial charge is 0.354 e. The summed E-state index contributed by atoms with van der Waals surface area (Å²) in [5.41, 5.74) is 10.5. The second kappa shape index (κ2) is 6.61. The molecule has 130 valence electrons. The summed E-state index contributed by atoms with van der Waals surface area (Å²) in [4.78, 5) is 28.1. The Morgan fingerprint density at radius 3 is 2.88 bits per heavy atom. The van der Waals surface area contributed by atoms with Crippen molar-refractivity contribution in [3.63, 3.8) is 0 Å². The van der Waals surface area contributed by atoms with Crippen molar-refractivity contribution < 1.29 is 9.59 Å². The molecular weight excluding hydrogens is 334 g/mol. The Balaban J connectivity index is 1.82. The lowest BCUT2D eigenvalue weighted by Crippen LogP contribution is -2.53. The van der Waals surface area contributed by atoms with Gasteiger partial charge in [0.05, 0.1) is 11.4 Å². The fourth-order valence-corrected chi connectivity index (χ4v) is 4.55. The maximum Gasteiger partial charge on any atom is 0.227 e. The fourth-order valence-electron chi connectivity index (χ4n) is 3.89. The van der Waals surface area contributed by atoms with Gasteiger partial charge in [0.15, 0.2) is 0 Å². The second-order valence-electron chi connectivity index (χ2n) is 6.69. The molecule has 5 nitrogen and oxygen atoms in total. The Morgan fingerprint density at radius 2 is 2.20 bits per heavy atom. The third-order valence-corrected chi connectivity index (χ3v) is 5.81. The topological polar surface area (TPSA) is 66.6 Å². The smallest absolute Gasteiger partial charge is 0.227 e. The molecule has 0 saturated carbocycles. The highest BCUT2D eigenvalue weighted by molar-refractivity contribution is 7.07. The monoisotopic (exact) mass is 355 g/mol. The Labute approximate surface area is 151 Å². The summed E-state index contributed by atoms with van der Waals surface area (Å²) in [5.74, 6) is 0.154. The SMILES string of the molecule is NC1Cc2cccc(N3CCCC3=O)c2N(Cc2ccsc2)C1C=O. The van der Waals surface area contributed by atoms with E-state index in [0.29, 0.717) is 19.4 Å². The Kier molecular flexibility index (Phi) is 4.31. The summed E-state index contributed by atoms with van der Waals surface area (Å²) in [5, 5.41) is 4.12. The van der Waals surface area contributed by atoms with E-state index in [9.17, 15) is 9.59 Å². The lowest BCUT2D eigenvalue weighted by atomic mass is 9.91. The van der Waals surface area contributed by atoms with Gasteiger partial charge in [0, 0.05) is 25.6 Å². The molecule has 1 saturated heterocycles. The number of carbonyl (C=O) groups is 2. The van der Waals surface area contributed by atoms with E-state index >= 15 is 0 Å². The maximum atomic E-state index is 12.3. The number of para-hydroxylation sites is 1. The first kappa shape index (κ1) is 16.3. The van der Waals surface area contributed by atoms with Gasteiger partial charge in [-0.3, -0.25) is 4.79 Å². The third-order valence-electron chi connectivity index (χ3n) is 5.08. The van der Waals surface area contributed by atoms with Crippen molar-refractivity contribution in [2.24, 2.45) is 5.73 Å². The second-order valence-corrected chi connectivity index (χ2v) is 7.47. The molecule has 0 radical (unpaired) electrons. The number of aldehydes is 1. The van der Waals surface area contributed by atoms with Gasteiger partial charge in [-0.05, 0) is 46.9 Å². The third kappa shape index (κ3) is 2.85. The highest BCUT2D eigenvalue weighted by atomic mass is 32.1. The standard InChI is InChI=1S/C19H21N3O2S/c20-15-9-14-3-1-4-16(21-7-2-5-18(21)24)19(14)22(17(15)11-23)10-13-6-8-25-12-13/h1,3-4,6,8,11-12,15,17H,2,5,7,9-10,20H2. The van der Waals surface area contributed by atoms with Gasteiger partial charge in [-0.25, -0.2) is 0 Å². The molecule has 2 aliphatic rings. The van der Waals surface area contributed by atoms with Crippen molar-refractivity contribution in [1.29, 1.82) is 0 Å². The normalized spacial score (nSPS) is 23.0. The molecule has 2 N–H and O–H groups in total. The van der Waals surface area contributed by atoms with Crippen molar-refractivity contribution in [3.05, 3.63) is 46.2 Å². The number of anilines is 2. The molecule has 2 aliphatic heterocycles. The molecular formula is C19H21N3O2S. The molecule has 1 fully saturated rings. The van der Waals surface area contributed by atoms with E-state index in [1.807, 2.05) is 22.4 Å². The first-order chi connectivity index (χ1) is 12.2. The molecule has 0 spiro atoms. The minimum atomic E-state index is -0.383. The molecule has 1 aromatic heterocycles. The van der Waals surface area contributed by atoms with E-state index in [-0.39, 0.29) is 18.0 Å². The van der Waals surface area contributed by atoms with E-state index in [0.717, 1.165) is 41.8 Å². The Hall–Kier alpha value is -2.18. The van der Waals surface area contributed by atoms with E-state index < -0.39 is 0 Å². The molecule has 2 atom stereocenters. The predicted octanol–water partition coefficient (Wildman–Crippen LogP) is 2.33. The number of hydrogen-bond acceptors (Lipinski definition) is 5. The van der Waals surface area contributed by atoms with Crippen molar-refractivity contribution in [2.75, 3.05) is 16.3 Å². The zero-order chi connectivity index (χ0) is 17.4. The number of benzene rings is 1. The fraction of sp³-hybridized carbons (Fsp3) is 0.368. The van der Waals surface area contributed by atoms with Crippen LogP contribution in [0.1, 0.15) is 24.0 Å². The average molecular weight is 355 g/mol. The molecule has 0 aliphatic carbocycles. The zero-order valence-corrected chi connectivity index (χ0v) is 14.7. The maximum absolute atomic E-state index is 12.3. The number of hydrogen-bond donors (Lipinski definition) is 1. The lowest BCUT2D eigenvalue weighted by molar-refractivity contribution is -0.117. The van der Waals surface area contributed by atoms with Crippen molar-refractivity contribution in [2.45, 2.75) is 37.9 Å². The summed E-state index contributed by atoms with van der Waals surface area (Å²) in [6, 6.07) is 7.47. The number of amides is 1. The first-order valence-electron chi connectivity index (χ1n) is 8.60. The molecule has 1 amide bonds. The van der Waals surface area contributed by atoms with Crippen LogP contribution in [-0.2, 0) is 22.6 Å². The van der Waals surface area contributed by atoms with Crippen LogP contribution < -0.4 is 15.5 Å². The molecule has 2 aromatic rings.